The summed E-state index contributed by atoms with van der Waals surface area (Å²) in [6.45, 7) is 2.87. The molecule has 30 heavy (non-hydrogen) atoms. The van der Waals surface area contributed by atoms with Gasteiger partial charge in [0.2, 0.25) is 5.75 Å². The van der Waals surface area contributed by atoms with Crippen molar-refractivity contribution in [1.82, 2.24) is 20.4 Å². The molecule has 2 aromatic heterocycles. The highest BCUT2D eigenvalue weighted by Gasteiger charge is 2.24. The van der Waals surface area contributed by atoms with Crippen LogP contribution in [0.4, 0.5) is 0 Å². The second-order valence-electron chi connectivity index (χ2n) is 6.07. The number of benzene rings is 1. The summed E-state index contributed by atoms with van der Waals surface area (Å²) in [7, 11) is 1.39. The van der Waals surface area contributed by atoms with E-state index in [1.165, 1.54) is 26.3 Å². The number of carbonyl (C=O) groups is 2. The maximum atomic E-state index is 12.7. The zero-order chi connectivity index (χ0) is 21.8. The number of amides is 1. The molecule has 1 N–H and O–H groups in total. The molecule has 3 rings (SSSR count). The zero-order valence-corrected chi connectivity index (χ0v) is 17.6. The summed E-state index contributed by atoms with van der Waals surface area (Å²) in [5.74, 6) is -0.682. The molecule has 0 aliphatic heterocycles. The van der Waals surface area contributed by atoms with E-state index in [1.54, 1.807) is 25.1 Å². The molecule has 0 spiro atoms. The molecule has 1 amide bonds. The lowest BCUT2D eigenvalue weighted by Crippen LogP contribution is -2.29. The summed E-state index contributed by atoms with van der Waals surface area (Å²) in [5, 5.41) is 7.31. The Morgan fingerprint density at radius 2 is 1.97 bits per heavy atom. The van der Waals surface area contributed by atoms with Gasteiger partial charge in [-0.15, -0.1) is 0 Å². The number of nitrogens with one attached hydrogen (secondary N) is 1. The molecule has 0 aliphatic carbocycles. The fraction of sp³-hybridized carbons (Fsp3) is 0.211. The van der Waals surface area contributed by atoms with Crippen LogP contribution in [0, 0.1) is 0 Å². The average molecular weight is 451 g/mol. The van der Waals surface area contributed by atoms with Crippen LogP contribution in [-0.2, 0) is 4.79 Å². The molecule has 0 saturated heterocycles. The van der Waals surface area contributed by atoms with E-state index in [0.29, 0.717) is 15.6 Å². The number of nitrogens with zero attached hydrogens (tertiary/aromatic N) is 3. The predicted molar refractivity (Wildman–Crippen MR) is 108 cm³/mol. The first-order valence-corrected chi connectivity index (χ1v) is 9.37. The van der Waals surface area contributed by atoms with E-state index in [-0.39, 0.29) is 28.9 Å². The zero-order valence-electron chi connectivity index (χ0n) is 16.1. The monoisotopic (exact) mass is 450 g/mol. The van der Waals surface area contributed by atoms with Crippen LogP contribution in [-0.4, -0.2) is 34.1 Å². The number of hydrogen-bond acceptors (Lipinski definition) is 8. The second-order valence-corrected chi connectivity index (χ2v) is 6.88. The third-order valence-corrected chi connectivity index (χ3v) is 4.63. The molecular weight excluding hydrogens is 435 g/mol. The molecular formula is C19H16Cl2N4O5. The van der Waals surface area contributed by atoms with Crippen LogP contribution >= 0.6 is 23.2 Å². The fourth-order valence-electron chi connectivity index (χ4n) is 2.48. The largest absolute Gasteiger partial charge is 0.493 e. The van der Waals surface area contributed by atoms with Crippen molar-refractivity contribution in [3.63, 3.8) is 0 Å². The number of esters is 1. The normalized spacial score (nSPS) is 11.6. The number of hydrogen-bond donors (Lipinski definition) is 1. The topological polar surface area (TPSA) is 116 Å². The summed E-state index contributed by atoms with van der Waals surface area (Å²) in [5.41, 5.74) is 0.456. The van der Waals surface area contributed by atoms with Gasteiger partial charge in [-0.25, -0.2) is 4.98 Å². The lowest BCUT2D eigenvalue weighted by atomic mass is 10.2. The number of rotatable bonds is 6. The Balaban J connectivity index is 1.81. The summed E-state index contributed by atoms with van der Waals surface area (Å²) < 4.78 is 15.5. The van der Waals surface area contributed by atoms with Crippen molar-refractivity contribution < 1.29 is 23.6 Å². The van der Waals surface area contributed by atoms with Crippen LogP contribution in [0.25, 0.3) is 11.5 Å². The molecule has 11 heteroatoms. The first kappa shape index (κ1) is 21.5. The molecule has 3 aromatic rings. The first-order valence-electron chi connectivity index (χ1n) is 8.61. The van der Waals surface area contributed by atoms with Gasteiger partial charge >= 0.3 is 5.97 Å². The van der Waals surface area contributed by atoms with Crippen molar-refractivity contribution in [3.05, 3.63) is 52.0 Å². The Morgan fingerprint density at radius 3 is 2.63 bits per heavy atom. The fourth-order valence-corrected chi connectivity index (χ4v) is 2.78. The molecule has 0 radical (unpaired) electrons. The van der Waals surface area contributed by atoms with E-state index in [0.717, 1.165) is 0 Å². The van der Waals surface area contributed by atoms with Crippen molar-refractivity contribution in [3.8, 4) is 23.0 Å². The standard InChI is InChI=1S/C19H16Cl2N4O5/c1-9(17-24-19(30-25-17)11-4-5-12(20)13(21)8-11)23-18(27)15-16(29-10(2)26)14(28-3)6-7-22-15/h4-9H,1-3H3,(H,23,27)/t9-/m0/s1. The van der Waals surface area contributed by atoms with E-state index in [4.69, 9.17) is 37.2 Å². The highest BCUT2D eigenvalue weighted by molar-refractivity contribution is 6.42. The van der Waals surface area contributed by atoms with Crippen molar-refractivity contribution in [2.75, 3.05) is 7.11 Å². The van der Waals surface area contributed by atoms with Crippen LogP contribution < -0.4 is 14.8 Å². The minimum absolute atomic E-state index is 0.0817. The second kappa shape index (κ2) is 9.10. The SMILES string of the molecule is COc1ccnc(C(=O)N[C@@H](C)c2noc(-c3ccc(Cl)c(Cl)c3)n2)c1OC(C)=O. The van der Waals surface area contributed by atoms with Gasteiger partial charge in [-0.2, -0.15) is 4.98 Å². The van der Waals surface area contributed by atoms with Gasteiger partial charge in [-0.3, -0.25) is 9.59 Å². The van der Waals surface area contributed by atoms with Gasteiger partial charge in [0, 0.05) is 24.8 Å². The van der Waals surface area contributed by atoms with Gasteiger partial charge in [0.05, 0.1) is 23.2 Å². The lowest BCUT2D eigenvalue weighted by Gasteiger charge is -2.14. The number of pyridine rings is 1. The highest BCUT2D eigenvalue weighted by atomic mass is 35.5. The summed E-state index contributed by atoms with van der Waals surface area (Å²) in [6, 6.07) is 5.72. The Morgan fingerprint density at radius 1 is 1.20 bits per heavy atom. The van der Waals surface area contributed by atoms with E-state index in [1.807, 2.05) is 0 Å². The molecule has 0 fully saturated rings. The van der Waals surface area contributed by atoms with Crippen LogP contribution in [0.2, 0.25) is 10.0 Å². The Labute approximate surface area is 181 Å². The third-order valence-electron chi connectivity index (χ3n) is 3.89. The third kappa shape index (κ3) is 4.69. The van der Waals surface area contributed by atoms with Gasteiger partial charge < -0.3 is 19.3 Å². The summed E-state index contributed by atoms with van der Waals surface area (Å²) in [6.07, 6.45) is 1.36. The number of ether oxygens (including phenoxy) is 2. The molecule has 0 bridgehead atoms. The van der Waals surface area contributed by atoms with Crippen LogP contribution in [0.5, 0.6) is 11.5 Å². The number of methoxy groups -OCH3 is 1. The maximum Gasteiger partial charge on any atom is 0.308 e. The van der Waals surface area contributed by atoms with Crippen molar-refractivity contribution >= 4 is 35.1 Å². The predicted octanol–water partition coefficient (Wildman–Crippen LogP) is 3.86. The molecule has 2 heterocycles. The van der Waals surface area contributed by atoms with Gasteiger partial charge in [-0.05, 0) is 25.1 Å². The molecule has 0 unspecified atom stereocenters. The first-order chi connectivity index (χ1) is 14.3. The van der Waals surface area contributed by atoms with E-state index in [9.17, 15) is 9.59 Å². The molecule has 9 nitrogen and oxygen atoms in total. The van der Waals surface area contributed by atoms with Crippen molar-refractivity contribution in [2.45, 2.75) is 19.9 Å². The lowest BCUT2D eigenvalue weighted by molar-refractivity contribution is -0.132. The molecule has 1 atom stereocenters. The molecule has 0 aliphatic rings. The van der Waals surface area contributed by atoms with E-state index in [2.05, 4.69) is 20.4 Å². The van der Waals surface area contributed by atoms with Gasteiger partial charge in [0.15, 0.2) is 17.3 Å². The molecule has 0 saturated carbocycles. The minimum atomic E-state index is -0.643. The summed E-state index contributed by atoms with van der Waals surface area (Å²) in [4.78, 5) is 32.4. The quantitative estimate of drug-likeness (QED) is 0.562. The Bertz CT molecular complexity index is 1100. The average Bonchev–Trinajstić information content (AvgIpc) is 3.20. The van der Waals surface area contributed by atoms with E-state index < -0.39 is 17.9 Å². The minimum Gasteiger partial charge on any atom is -0.493 e. The maximum absolute atomic E-state index is 12.7. The van der Waals surface area contributed by atoms with Gasteiger partial charge in [0.25, 0.3) is 11.8 Å². The highest BCUT2D eigenvalue weighted by Crippen LogP contribution is 2.30. The molecule has 156 valence electrons. The van der Waals surface area contributed by atoms with Gasteiger partial charge in [0.1, 0.15) is 0 Å². The van der Waals surface area contributed by atoms with E-state index >= 15 is 0 Å². The number of aromatic nitrogens is 3. The molecule has 1 aromatic carbocycles. The van der Waals surface area contributed by atoms with Crippen LogP contribution in [0.3, 0.4) is 0 Å². The van der Waals surface area contributed by atoms with Crippen molar-refractivity contribution in [2.24, 2.45) is 0 Å². The van der Waals surface area contributed by atoms with Gasteiger partial charge in [-0.1, -0.05) is 28.4 Å². The smallest absolute Gasteiger partial charge is 0.308 e. The number of halogens is 2. The Kier molecular flexibility index (Phi) is 6.53. The van der Waals surface area contributed by atoms with Crippen molar-refractivity contribution in [1.29, 1.82) is 0 Å². The number of carbonyl (C=O) groups excluding carboxylic acids is 2. The summed E-state index contributed by atoms with van der Waals surface area (Å²) >= 11 is 11.9. The Hall–Kier alpha value is -3.17. The van der Waals surface area contributed by atoms with Crippen LogP contribution in [0.1, 0.15) is 36.2 Å². The van der Waals surface area contributed by atoms with Crippen LogP contribution in [0.15, 0.2) is 35.0 Å².